The van der Waals surface area contributed by atoms with Crippen molar-refractivity contribution in [1.29, 1.82) is 0 Å². The molecule has 3 heteroatoms. The molecular weight excluding hydrogens is 202 g/mol. The number of hydrogen-bond donors (Lipinski definition) is 2. The normalized spacial score (nSPS) is 14.6. The average molecular weight is 223 g/mol. The summed E-state index contributed by atoms with van der Waals surface area (Å²) in [6.45, 7) is 6.39. The third-order valence-corrected chi connectivity index (χ3v) is 3.07. The van der Waals surface area contributed by atoms with Crippen molar-refractivity contribution in [3.63, 3.8) is 0 Å². The SMILES string of the molecule is COc1c(C)cc(C)cc1C(C)(CN)CO. The van der Waals surface area contributed by atoms with Gasteiger partial charge in [-0.25, -0.2) is 0 Å². The molecule has 3 N–H and O–H groups in total. The van der Waals surface area contributed by atoms with Crippen LogP contribution in [0.25, 0.3) is 0 Å². The molecule has 0 saturated heterocycles. The monoisotopic (exact) mass is 223 g/mol. The third kappa shape index (κ3) is 2.20. The Morgan fingerprint density at radius 1 is 1.38 bits per heavy atom. The summed E-state index contributed by atoms with van der Waals surface area (Å²) >= 11 is 0. The van der Waals surface area contributed by atoms with Gasteiger partial charge in [-0.15, -0.1) is 0 Å². The first-order chi connectivity index (χ1) is 7.48. The van der Waals surface area contributed by atoms with Gasteiger partial charge in [-0.2, -0.15) is 0 Å². The smallest absolute Gasteiger partial charge is 0.125 e. The minimum absolute atomic E-state index is 0.0166. The van der Waals surface area contributed by atoms with Crippen LogP contribution in [-0.2, 0) is 5.41 Å². The van der Waals surface area contributed by atoms with E-state index in [1.165, 1.54) is 0 Å². The zero-order chi connectivity index (χ0) is 12.3. The first-order valence-electron chi connectivity index (χ1n) is 5.45. The molecule has 16 heavy (non-hydrogen) atoms. The topological polar surface area (TPSA) is 55.5 Å². The van der Waals surface area contributed by atoms with Crippen LogP contribution in [0.2, 0.25) is 0 Å². The summed E-state index contributed by atoms with van der Waals surface area (Å²) in [5.41, 5.74) is 8.53. The maximum absolute atomic E-state index is 9.50. The van der Waals surface area contributed by atoms with Gasteiger partial charge in [0.15, 0.2) is 0 Å². The van der Waals surface area contributed by atoms with Crippen LogP contribution in [-0.4, -0.2) is 25.4 Å². The molecular formula is C13H21NO2. The Kier molecular flexibility index (Phi) is 3.94. The molecule has 0 spiro atoms. The highest BCUT2D eigenvalue weighted by Gasteiger charge is 2.28. The standard InChI is InChI=1S/C13H21NO2/c1-9-5-10(2)12(16-4)11(6-9)13(3,7-14)8-15/h5-6,15H,7-8,14H2,1-4H3. The van der Waals surface area contributed by atoms with Gasteiger partial charge in [-0.05, 0) is 19.4 Å². The van der Waals surface area contributed by atoms with Crippen LogP contribution >= 0.6 is 0 Å². The van der Waals surface area contributed by atoms with Crippen molar-refractivity contribution >= 4 is 0 Å². The zero-order valence-corrected chi connectivity index (χ0v) is 10.5. The van der Waals surface area contributed by atoms with Crippen molar-refractivity contribution in [2.75, 3.05) is 20.3 Å². The highest BCUT2D eigenvalue weighted by atomic mass is 16.5. The minimum atomic E-state index is -0.442. The lowest BCUT2D eigenvalue weighted by Crippen LogP contribution is -2.36. The molecule has 0 fully saturated rings. The zero-order valence-electron chi connectivity index (χ0n) is 10.5. The van der Waals surface area contributed by atoms with E-state index in [1.54, 1.807) is 7.11 Å². The molecule has 0 radical (unpaired) electrons. The van der Waals surface area contributed by atoms with Gasteiger partial charge >= 0.3 is 0 Å². The predicted molar refractivity (Wildman–Crippen MR) is 66.0 cm³/mol. The number of ether oxygens (including phenoxy) is 1. The van der Waals surface area contributed by atoms with Crippen molar-refractivity contribution in [2.45, 2.75) is 26.2 Å². The second-order valence-electron chi connectivity index (χ2n) is 4.59. The van der Waals surface area contributed by atoms with E-state index in [0.717, 1.165) is 22.4 Å². The quantitative estimate of drug-likeness (QED) is 0.813. The van der Waals surface area contributed by atoms with E-state index in [4.69, 9.17) is 10.5 Å². The lowest BCUT2D eigenvalue weighted by atomic mass is 9.81. The predicted octanol–water partition coefficient (Wildman–Crippen LogP) is 1.52. The fourth-order valence-corrected chi connectivity index (χ4v) is 1.93. The molecule has 90 valence electrons. The van der Waals surface area contributed by atoms with E-state index >= 15 is 0 Å². The molecule has 0 heterocycles. The second-order valence-corrected chi connectivity index (χ2v) is 4.59. The summed E-state index contributed by atoms with van der Waals surface area (Å²) in [5, 5.41) is 9.50. The molecule has 3 nitrogen and oxygen atoms in total. The first kappa shape index (κ1) is 13.0. The molecule has 0 aromatic heterocycles. The number of aliphatic hydroxyl groups excluding tert-OH is 1. The van der Waals surface area contributed by atoms with E-state index in [1.807, 2.05) is 26.8 Å². The molecule has 0 amide bonds. The highest BCUT2D eigenvalue weighted by Crippen LogP contribution is 2.34. The summed E-state index contributed by atoms with van der Waals surface area (Å²) in [4.78, 5) is 0. The Labute approximate surface area is 97.2 Å². The van der Waals surface area contributed by atoms with Gasteiger partial charge in [-0.1, -0.05) is 24.6 Å². The largest absolute Gasteiger partial charge is 0.496 e. The lowest BCUT2D eigenvalue weighted by molar-refractivity contribution is 0.206. The molecule has 1 rings (SSSR count). The van der Waals surface area contributed by atoms with Crippen molar-refractivity contribution in [3.8, 4) is 5.75 Å². The number of rotatable bonds is 4. The van der Waals surface area contributed by atoms with Gasteiger partial charge in [0.05, 0.1) is 13.7 Å². The minimum Gasteiger partial charge on any atom is -0.496 e. The second kappa shape index (κ2) is 4.85. The number of benzene rings is 1. The van der Waals surface area contributed by atoms with Gasteiger partial charge in [-0.3, -0.25) is 0 Å². The average Bonchev–Trinajstić information content (AvgIpc) is 2.27. The summed E-state index contributed by atoms with van der Waals surface area (Å²) in [5.74, 6) is 0.826. The van der Waals surface area contributed by atoms with E-state index in [9.17, 15) is 5.11 Å². The fraction of sp³-hybridized carbons (Fsp3) is 0.538. The fourth-order valence-electron chi connectivity index (χ4n) is 1.93. The summed E-state index contributed by atoms with van der Waals surface area (Å²) in [6, 6.07) is 4.10. The number of hydrogen-bond acceptors (Lipinski definition) is 3. The van der Waals surface area contributed by atoms with Crippen LogP contribution in [0.4, 0.5) is 0 Å². The maximum atomic E-state index is 9.50. The third-order valence-electron chi connectivity index (χ3n) is 3.07. The molecule has 0 bridgehead atoms. The summed E-state index contributed by atoms with van der Waals surface area (Å²) < 4.78 is 5.41. The Morgan fingerprint density at radius 3 is 2.44 bits per heavy atom. The Morgan fingerprint density at radius 2 is 2.00 bits per heavy atom. The first-order valence-corrected chi connectivity index (χ1v) is 5.45. The van der Waals surface area contributed by atoms with Crippen LogP contribution in [0.15, 0.2) is 12.1 Å². The molecule has 0 aliphatic carbocycles. The molecule has 1 unspecified atom stereocenters. The highest BCUT2D eigenvalue weighted by molar-refractivity contribution is 5.48. The van der Waals surface area contributed by atoms with Gasteiger partial charge < -0.3 is 15.6 Å². The molecule has 0 aliphatic rings. The Bertz CT molecular complexity index is 370. The number of methoxy groups -OCH3 is 1. The van der Waals surface area contributed by atoms with Crippen molar-refractivity contribution in [3.05, 3.63) is 28.8 Å². The maximum Gasteiger partial charge on any atom is 0.125 e. The van der Waals surface area contributed by atoms with Crippen LogP contribution in [0.5, 0.6) is 5.75 Å². The Balaban J connectivity index is 3.41. The van der Waals surface area contributed by atoms with Crippen LogP contribution in [0.1, 0.15) is 23.6 Å². The van der Waals surface area contributed by atoms with E-state index in [0.29, 0.717) is 6.54 Å². The Hall–Kier alpha value is -1.06. The number of nitrogens with two attached hydrogens (primary N) is 1. The van der Waals surface area contributed by atoms with E-state index in [2.05, 4.69) is 6.07 Å². The van der Waals surface area contributed by atoms with Crippen LogP contribution in [0, 0.1) is 13.8 Å². The molecule has 1 atom stereocenters. The van der Waals surface area contributed by atoms with E-state index < -0.39 is 5.41 Å². The van der Waals surface area contributed by atoms with Crippen molar-refractivity contribution in [2.24, 2.45) is 5.73 Å². The van der Waals surface area contributed by atoms with Gasteiger partial charge in [0.2, 0.25) is 0 Å². The van der Waals surface area contributed by atoms with Crippen LogP contribution in [0.3, 0.4) is 0 Å². The van der Waals surface area contributed by atoms with Gasteiger partial charge in [0.1, 0.15) is 5.75 Å². The molecule has 0 saturated carbocycles. The summed E-state index contributed by atoms with van der Waals surface area (Å²) in [6.07, 6.45) is 0. The number of aliphatic hydroxyl groups is 1. The lowest BCUT2D eigenvalue weighted by Gasteiger charge is -2.29. The van der Waals surface area contributed by atoms with Gasteiger partial charge in [0, 0.05) is 17.5 Å². The molecule has 1 aromatic carbocycles. The molecule has 1 aromatic rings. The van der Waals surface area contributed by atoms with E-state index in [-0.39, 0.29) is 6.61 Å². The van der Waals surface area contributed by atoms with Crippen LogP contribution < -0.4 is 10.5 Å². The van der Waals surface area contributed by atoms with Gasteiger partial charge in [0.25, 0.3) is 0 Å². The van der Waals surface area contributed by atoms with Crippen molar-refractivity contribution in [1.82, 2.24) is 0 Å². The number of aryl methyl sites for hydroxylation is 2. The van der Waals surface area contributed by atoms with Crippen molar-refractivity contribution < 1.29 is 9.84 Å². The molecule has 0 aliphatic heterocycles. The summed E-state index contributed by atoms with van der Waals surface area (Å²) in [7, 11) is 1.65.